The van der Waals surface area contributed by atoms with Crippen LogP contribution in [-0.2, 0) is 0 Å². The largest absolute Gasteiger partial charge is 0.515 e. The second kappa shape index (κ2) is 2.21. The monoisotopic (exact) mass is 241 g/mol. The summed E-state index contributed by atoms with van der Waals surface area (Å²) in [5.41, 5.74) is 0. The molecule has 0 aliphatic heterocycles. The molecule has 0 spiro atoms. The van der Waals surface area contributed by atoms with Gasteiger partial charge in [-0.15, -0.1) is 0 Å². The van der Waals surface area contributed by atoms with Crippen LogP contribution in [-0.4, -0.2) is 23.3 Å². The SMILES string of the molecule is O=[N+]([O-])c1nnn(I)n1. The highest BCUT2D eigenvalue weighted by molar-refractivity contribution is 14.1. The van der Waals surface area contributed by atoms with Crippen molar-refractivity contribution in [2.24, 2.45) is 0 Å². The molecule has 0 aliphatic carbocycles. The summed E-state index contributed by atoms with van der Waals surface area (Å²) in [5.74, 6) is -0.482. The number of aromatic nitrogens is 4. The minimum absolute atomic E-state index is 0.482. The van der Waals surface area contributed by atoms with Crippen LogP contribution in [0.3, 0.4) is 0 Å². The molecule has 0 atom stereocenters. The van der Waals surface area contributed by atoms with Crippen molar-refractivity contribution < 1.29 is 4.92 Å². The number of hydrogen-bond acceptors (Lipinski definition) is 5. The van der Waals surface area contributed by atoms with E-state index >= 15 is 0 Å². The number of hydrogen-bond donors (Lipinski definition) is 0. The van der Waals surface area contributed by atoms with E-state index in [-0.39, 0.29) is 0 Å². The lowest BCUT2D eigenvalue weighted by atomic mass is 11.1. The van der Waals surface area contributed by atoms with Crippen LogP contribution >= 0.6 is 22.9 Å². The third-order valence-electron chi connectivity index (χ3n) is 0.543. The predicted molar refractivity (Wildman–Crippen MR) is 33.9 cm³/mol. The zero-order valence-corrected chi connectivity index (χ0v) is 6.09. The average molecular weight is 241 g/mol. The van der Waals surface area contributed by atoms with Crippen molar-refractivity contribution in [3.63, 3.8) is 0 Å². The van der Waals surface area contributed by atoms with Crippen molar-refractivity contribution in [1.29, 1.82) is 0 Å². The maximum absolute atomic E-state index is 9.84. The van der Waals surface area contributed by atoms with Gasteiger partial charge >= 0.3 is 5.95 Å². The van der Waals surface area contributed by atoms with Gasteiger partial charge < -0.3 is 10.1 Å². The summed E-state index contributed by atoms with van der Waals surface area (Å²) in [6, 6.07) is 0. The molecule has 1 rings (SSSR count). The molecule has 48 valence electrons. The molecule has 8 heteroatoms. The molecule has 1 heterocycles. The lowest BCUT2D eigenvalue weighted by Gasteiger charge is -1.80. The van der Waals surface area contributed by atoms with E-state index in [1.54, 1.807) is 22.9 Å². The van der Waals surface area contributed by atoms with Gasteiger partial charge in [-0.25, -0.2) is 0 Å². The molecule has 0 radical (unpaired) electrons. The molecule has 1 aromatic heterocycles. The fraction of sp³-hybridized carbons (Fsp3) is 0. The Morgan fingerprint density at radius 2 is 2.44 bits per heavy atom. The van der Waals surface area contributed by atoms with Crippen LogP contribution in [0.25, 0.3) is 0 Å². The third-order valence-corrected chi connectivity index (χ3v) is 0.952. The quantitative estimate of drug-likeness (QED) is 0.385. The zero-order chi connectivity index (χ0) is 6.85. The van der Waals surface area contributed by atoms with Gasteiger partial charge in [-0.05, 0) is 7.93 Å². The van der Waals surface area contributed by atoms with E-state index in [2.05, 4.69) is 15.4 Å². The van der Waals surface area contributed by atoms with E-state index < -0.39 is 10.9 Å². The third kappa shape index (κ3) is 1.31. The second-order valence-corrected chi connectivity index (χ2v) is 1.95. The molecule has 0 unspecified atom stereocenters. The highest BCUT2D eigenvalue weighted by Gasteiger charge is 2.12. The van der Waals surface area contributed by atoms with Crippen LogP contribution in [0.5, 0.6) is 0 Å². The highest BCUT2D eigenvalue weighted by atomic mass is 127. The lowest BCUT2D eigenvalue weighted by molar-refractivity contribution is -0.394. The van der Waals surface area contributed by atoms with Crippen molar-refractivity contribution >= 4 is 28.8 Å². The number of nitrogens with zero attached hydrogens (tertiary/aromatic N) is 5. The Hall–Kier alpha value is -0.800. The predicted octanol–water partition coefficient (Wildman–Crippen LogP) is -0.221. The van der Waals surface area contributed by atoms with Crippen molar-refractivity contribution in [3.05, 3.63) is 10.1 Å². The zero-order valence-electron chi connectivity index (χ0n) is 3.93. The fourth-order valence-electron chi connectivity index (χ4n) is 0.264. The van der Waals surface area contributed by atoms with Crippen LogP contribution in [0, 0.1) is 10.1 Å². The average Bonchev–Trinajstić information content (AvgIpc) is 2.14. The first-order chi connectivity index (χ1) is 4.20. The highest BCUT2D eigenvalue weighted by Crippen LogP contribution is 1.97. The Bertz CT molecular complexity index is 231. The first kappa shape index (κ1) is 6.32. The van der Waals surface area contributed by atoms with Gasteiger partial charge in [-0.3, -0.25) is 0 Å². The summed E-state index contributed by atoms with van der Waals surface area (Å²) in [7, 11) is 0. The van der Waals surface area contributed by atoms with Crippen molar-refractivity contribution in [1.82, 2.24) is 18.4 Å². The minimum atomic E-state index is -0.706. The van der Waals surface area contributed by atoms with Crippen molar-refractivity contribution in [2.75, 3.05) is 0 Å². The molecule has 0 saturated carbocycles. The van der Waals surface area contributed by atoms with Crippen LogP contribution in [0.15, 0.2) is 0 Å². The van der Waals surface area contributed by atoms with Gasteiger partial charge in [-0.2, -0.15) is 0 Å². The van der Waals surface area contributed by atoms with E-state index in [4.69, 9.17) is 0 Å². The molecule has 0 aromatic carbocycles. The minimum Gasteiger partial charge on any atom is -0.390 e. The van der Waals surface area contributed by atoms with E-state index in [1.165, 1.54) is 0 Å². The molecule has 0 bridgehead atoms. The maximum atomic E-state index is 9.84. The summed E-state index contributed by atoms with van der Waals surface area (Å²) in [5, 5.41) is 19.5. The Labute approximate surface area is 62.7 Å². The van der Waals surface area contributed by atoms with Gasteiger partial charge in [0.05, 0.1) is 15.4 Å². The molecular weight excluding hydrogens is 241 g/mol. The van der Waals surface area contributed by atoms with E-state index in [1.807, 2.05) is 0 Å². The number of halogens is 1. The normalized spacial score (nSPS) is 9.44. The molecule has 1 aromatic rings. The van der Waals surface area contributed by atoms with Crippen LogP contribution in [0.1, 0.15) is 0 Å². The molecule has 0 aliphatic rings. The van der Waals surface area contributed by atoms with Gasteiger partial charge in [-0.1, -0.05) is 0 Å². The lowest BCUT2D eigenvalue weighted by Crippen LogP contribution is -1.90. The number of rotatable bonds is 1. The van der Waals surface area contributed by atoms with E-state index in [9.17, 15) is 10.1 Å². The maximum Gasteiger partial charge on any atom is 0.515 e. The Morgan fingerprint density at radius 1 is 1.78 bits per heavy atom. The first-order valence-corrected chi connectivity index (χ1v) is 2.77. The topological polar surface area (TPSA) is 86.7 Å². The molecule has 0 N–H and O–H groups in total. The molecule has 0 amide bonds. The first-order valence-electron chi connectivity index (χ1n) is 1.80. The van der Waals surface area contributed by atoms with Crippen LogP contribution in [0.4, 0.5) is 5.95 Å². The van der Waals surface area contributed by atoms with Gasteiger partial charge in [0, 0.05) is 0 Å². The summed E-state index contributed by atoms with van der Waals surface area (Å²) in [4.78, 5) is 9.13. The van der Waals surface area contributed by atoms with Gasteiger partial charge in [0.1, 0.15) is 22.9 Å². The Morgan fingerprint density at radius 3 is 2.67 bits per heavy atom. The number of nitro groups is 1. The standard InChI is InChI=1S/CIN5O2/c2-7-4-1(3-5-7)6(8)9. The summed E-state index contributed by atoms with van der Waals surface area (Å²) in [6.07, 6.45) is 0. The van der Waals surface area contributed by atoms with Crippen molar-refractivity contribution in [2.45, 2.75) is 0 Å². The number of tetrazole rings is 1. The molecule has 0 fully saturated rings. The van der Waals surface area contributed by atoms with E-state index in [0.717, 1.165) is 3.01 Å². The molecule has 0 saturated heterocycles. The molecular formula is CIN5O2. The molecule has 9 heavy (non-hydrogen) atoms. The van der Waals surface area contributed by atoms with Gasteiger partial charge in [0.2, 0.25) is 0 Å². The van der Waals surface area contributed by atoms with Gasteiger partial charge in [0.25, 0.3) is 0 Å². The summed E-state index contributed by atoms with van der Waals surface area (Å²) >= 11 is 1.66. The molecule has 7 nitrogen and oxygen atoms in total. The fourth-order valence-corrected chi connectivity index (χ4v) is 0.553. The van der Waals surface area contributed by atoms with E-state index in [0.29, 0.717) is 0 Å². The van der Waals surface area contributed by atoms with Crippen molar-refractivity contribution in [3.8, 4) is 0 Å². The van der Waals surface area contributed by atoms with Crippen LogP contribution in [0.2, 0.25) is 0 Å². The Balaban J connectivity index is 2.98. The summed E-state index contributed by atoms with van der Waals surface area (Å²) in [6.45, 7) is 0. The Kier molecular flexibility index (Phi) is 1.55. The summed E-state index contributed by atoms with van der Waals surface area (Å²) < 4.78 is 0.996. The second-order valence-electron chi connectivity index (χ2n) is 1.09. The smallest absolute Gasteiger partial charge is 0.390 e. The van der Waals surface area contributed by atoms with Gasteiger partial charge in [0.15, 0.2) is 0 Å². The van der Waals surface area contributed by atoms with Crippen LogP contribution < -0.4 is 0 Å².